The molecule has 1 atom stereocenters. The van der Waals surface area contributed by atoms with E-state index in [1.165, 1.54) is 24.3 Å². The van der Waals surface area contributed by atoms with Gasteiger partial charge in [-0.25, -0.2) is 17.8 Å². The van der Waals surface area contributed by atoms with Gasteiger partial charge in [0.05, 0.1) is 36.8 Å². The van der Waals surface area contributed by atoms with Crippen LogP contribution in [0.5, 0.6) is 0 Å². The summed E-state index contributed by atoms with van der Waals surface area (Å²) in [5.41, 5.74) is 1.27. The molecular formula is C22H31FN4O3S2. The summed E-state index contributed by atoms with van der Waals surface area (Å²) in [7, 11) is -3.76. The molecular weight excluding hydrogens is 451 g/mol. The van der Waals surface area contributed by atoms with Crippen molar-refractivity contribution in [1.29, 1.82) is 0 Å². The maximum atomic E-state index is 13.3. The zero-order valence-electron chi connectivity index (χ0n) is 18.8. The van der Waals surface area contributed by atoms with Crippen LogP contribution in [0.3, 0.4) is 0 Å². The Morgan fingerprint density at radius 3 is 2.69 bits per heavy atom. The number of nitrogens with zero attached hydrogens (tertiary/aromatic N) is 3. The second kappa shape index (κ2) is 10.7. The Kier molecular flexibility index (Phi) is 8.24. The van der Waals surface area contributed by atoms with Crippen molar-refractivity contribution in [3.63, 3.8) is 0 Å². The average molecular weight is 483 g/mol. The lowest BCUT2D eigenvalue weighted by Crippen LogP contribution is -2.43. The van der Waals surface area contributed by atoms with Gasteiger partial charge < -0.3 is 19.5 Å². The van der Waals surface area contributed by atoms with Gasteiger partial charge in [0.15, 0.2) is 5.11 Å². The SMILES string of the molecule is CCNC(=S)N(Cc1cnc(S(=O)(=O)Cc2ccc(F)cc2)n1C[C@H]1CCCO1)C(C)C. The average Bonchev–Trinajstić information content (AvgIpc) is 3.38. The van der Waals surface area contributed by atoms with E-state index in [4.69, 9.17) is 17.0 Å². The molecule has 1 aromatic carbocycles. The summed E-state index contributed by atoms with van der Waals surface area (Å²) in [5, 5.41) is 3.79. The van der Waals surface area contributed by atoms with Crippen LogP contribution in [0.1, 0.15) is 44.9 Å². The summed E-state index contributed by atoms with van der Waals surface area (Å²) in [5.74, 6) is -0.655. The molecule has 1 aliphatic rings. The van der Waals surface area contributed by atoms with Gasteiger partial charge in [-0.05, 0) is 63.5 Å². The molecule has 2 heterocycles. The monoisotopic (exact) mass is 482 g/mol. The van der Waals surface area contributed by atoms with Crippen molar-refractivity contribution < 1.29 is 17.5 Å². The molecule has 0 amide bonds. The smallest absolute Gasteiger partial charge is 0.228 e. The molecule has 1 aromatic heterocycles. The van der Waals surface area contributed by atoms with Crippen molar-refractivity contribution >= 4 is 27.2 Å². The quantitative estimate of drug-likeness (QED) is 0.550. The second-order valence-corrected chi connectivity index (χ2v) is 10.5. The van der Waals surface area contributed by atoms with E-state index < -0.39 is 15.7 Å². The van der Waals surface area contributed by atoms with E-state index in [0.29, 0.717) is 36.9 Å². The van der Waals surface area contributed by atoms with Gasteiger partial charge in [0.2, 0.25) is 15.0 Å². The number of halogens is 1. The van der Waals surface area contributed by atoms with E-state index in [1.807, 2.05) is 25.7 Å². The first-order chi connectivity index (χ1) is 15.2. The third kappa shape index (κ3) is 6.05. The van der Waals surface area contributed by atoms with E-state index in [0.717, 1.165) is 18.5 Å². The molecule has 2 aromatic rings. The number of rotatable bonds is 9. The first-order valence-electron chi connectivity index (χ1n) is 10.9. The number of hydrogen-bond donors (Lipinski definition) is 1. The number of ether oxygens (including phenoxy) is 1. The predicted octanol–water partition coefficient (Wildman–Crippen LogP) is 3.28. The van der Waals surface area contributed by atoms with E-state index >= 15 is 0 Å². The second-order valence-electron chi connectivity index (χ2n) is 8.22. The fourth-order valence-electron chi connectivity index (χ4n) is 3.73. The highest BCUT2D eigenvalue weighted by Crippen LogP contribution is 2.23. The summed E-state index contributed by atoms with van der Waals surface area (Å²) >= 11 is 5.53. The van der Waals surface area contributed by atoms with Crippen LogP contribution in [-0.2, 0) is 33.4 Å². The number of aromatic nitrogens is 2. The van der Waals surface area contributed by atoms with Crippen LogP contribution in [0, 0.1) is 5.82 Å². The number of benzene rings is 1. The van der Waals surface area contributed by atoms with Crippen LogP contribution in [-0.4, -0.2) is 53.3 Å². The van der Waals surface area contributed by atoms with Crippen molar-refractivity contribution in [2.45, 2.75) is 69.8 Å². The summed E-state index contributed by atoms with van der Waals surface area (Å²) in [6, 6.07) is 5.61. The van der Waals surface area contributed by atoms with Crippen molar-refractivity contribution in [2.75, 3.05) is 13.2 Å². The zero-order valence-corrected chi connectivity index (χ0v) is 20.4. The molecule has 0 radical (unpaired) electrons. The normalized spacial score (nSPS) is 16.5. The molecule has 10 heteroatoms. The van der Waals surface area contributed by atoms with Gasteiger partial charge in [-0.3, -0.25) is 0 Å². The lowest BCUT2D eigenvalue weighted by atomic mass is 10.2. The molecule has 1 aliphatic heterocycles. The van der Waals surface area contributed by atoms with Crippen LogP contribution < -0.4 is 5.32 Å². The predicted molar refractivity (Wildman–Crippen MR) is 125 cm³/mol. The lowest BCUT2D eigenvalue weighted by molar-refractivity contribution is 0.0935. The van der Waals surface area contributed by atoms with Crippen molar-refractivity contribution in [3.05, 3.63) is 47.5 Å². The van der Waals surface area contributed by atoms with Gasteiger partial charge in [-0.2, -0.15) is 0 Å². The van der Waals surface area contributed by atoms with Crippen LogP contribution in [0.25, 0.3) is 0 Å². The Morgan fingerprint density at radius 2 is 2.09 bits per heavy atom. The standard InChI is InChI=1S/C22H31FN4O3S2/c1-4-24-21(31)26(16(2)3)13-19-12-25-22(27(19)14-20-6-5-11-30-20)32(28,29)15-17-7-9-18(23)10-8-17/h7-10,12,16,20H,4-6,11,13-15H2,1-3H3,(H,24,31)/t20-/m1/s1. The molecule has 0 unspecified atom stereocenters. The molecule has 7 nitrogen and oxygen atoms in total. The Hall–Kier alpha value is -2.04. The Morgan fingerprint density at radius 1 is 1.38 bits per heavy atom. The Bertz CT molecular complexity index is 1020. The number of imidazole rings is 1. The topological polar surface area (TPSA) is 76.5 Å². The Balaban J connectivity index is 1.94. The zero-order chi connectivity index (χ0) is 23.3. The fraction of sp³-hybridized carbons (Fsp3) is 0.545. The van der Waals surface area contributed by atoms with E-state index in [2.05, 4.69) is 10.3 Å². The number of hydrogen-bond acceptors (Lipinski definition) is 5. The molecule has 0 bridgehead atoms. The highest BCUT2D eigenvalue weighted by atomic mass is 32.2. The molecule has 1 saturated heterocycles. The van der Waals surface area contributed by atoms with Crippen LogP contribution in [0.15, 0.2) is 35.6 Å². The maximum Gasteiger partial charge on any atom is 0.228 e. The Labute approximate surface area is 194 Å². The van der Waals surface area contributed by atoms with Gasteiger partial charge >= 0.3 is 0 Å². The molecule has 1 N–H and O–H groups in total. The van der Waals surface area contributed by atoms with Crippen molar-refractivity contribution in [1.82, 2.24) is 19.8 Å². The van der Waals surface area contributed by atoms with Gasteiger partial charge in [-0.1, -0.05) is 12.1 Å². The first-order valence-corrected chi connectivity index (χ1v) is 12.9. The summed E-state index contributed by atoms with van der Waals surface area (Å²) in [6.45, 7) is 8.27. The van der Waals surface area contributed by atoms with E-state index in [1.54, 1.807) is 10.8 Å². The van der Waals surface area contributed by atoms with Crippen molar-refractivity contribution in [2.24, 2.45) is 0 Å². The molecule has 3 rings (SSSR count). The van der Waals surface area contributed by atoms with Gasteiger partial charge in [0.25, 0.3) is 0 Å². The molecule has 0 spiro atoms. The highest BCUT2D eigenvalue weighted by molar-refractivity contribution is 7.90. The largest absolute Gasteiger partial charge is 0.376 e. The fourth-order valence-corrected chi connectivity index (χ4v) is 5.66. The molecule has 1 fully saturated rings. The van der Waals surface area contributed by atoms with Gasteiger partial charge in [-0.15, -0.1) is 0 Å². The van der Waals surface area contributed by atoms with Crippen molar-refractivity contribution in [3.8, 4) is 0 Å². The van der Waals surface area contributed by atoms with E-state index in [9.17, 15) is 12.8 Å². The van der Waals surface area contributed by atoms with Crippen LogP contribution in [0.2, 0.25) is 0 Å². The molecule has 32 heavy (non-hydrogen) atoms. The molecule has 0 saturated carbocycles. The number of sulfone groups is 1. The maximum absolute atomic E-state index is 13.3. The first kappa shape index (κ1) is 24.6. The van der Waals surface area contributed by atoms with Crippen LogP contribution in [0.4, 0.5) is 4.39 Å². The van der Waals surface area contributed by atoms with Gasteiger partial charge in [0, 0.05) is 19.2 Å². The molecule has 176 valence electrons. The number of thiocarbonyl (C=S) groups is 1. The summed E-state index contributed by atoms with van der Waals surface area (Å²) < 4.78 is 47.3. The highest BCUT2D eigenvalue weighted by Gasteiger charge is 2.28. The number of nitrogens with one attached hydrogen (secondary N) is 1. The minimum Gasteiger partial charge on any atom is -0.376 e. The molecule has 0 aliphatic carbocycles. The summed E-state index contributed by atoms with van der Waals surface area (Å²) in [6.07, 6.45) is 3.38. The summed E-state index contributed by atoms with van der Waals surface area (Å²) in [4.78, 5) is 6.33. The minimum absolute atomic E-state index is 0.00500. The minimum atomic E-state index is -3.76. The third-order valence-corrected chi connectivity index (χ3v) is 7.38. The third-order valence-electron chi connectivity index (χ3n) is 5.40. The van der Waals surface area contributed by atoms with E-state index in [-0.39, 0.29) is 23.1 Å². The van der Waals surface area contributed by atoms with Crippen LogP contribution >= 0.6 is 12.2 Å². The lowest BCUT2D eigenvalue weighted by Gasteiger charge is -2.30. The van der Waals surface area contributed by atoms with Gasteiger partial charge in [0.1, 0.15) is 5.82 Å².